The Kier molecular flexibility index (Phi) is 47.5. The van der Waals surface area contributed by atoms with Gasteiger partial charge in [-0.25, -0.2) is 0 Å². The van der Waals surface area contributed by atoms with E-state index in [0.29, 0.717) is 12.8 Å². The zero-order valence-corrected chi connectivity index (χ0v) is 33.2. The summed E-state index contributed by atoms with van der Waals surface area (Å²) in [6, 6.07) is 0. The number of allylic oxidation sites excluding steroid dienone is 4. The van der Waals surface area contributed by atoms with E-state index in [1.807, 2.05) is 0 Å². The highest BCUT2D eigenvalue weighted by Crippen LogP contribution is 2.11. The molecule has 8 N–H and O–H groups in total. The van der Waals surface area contributed by atoms with Crippen molar-refractivity contribution in [2.45, 2.75) is 218 Å². The summed E-state index contributed by atoms with van der Waals surface area (Å²) in [5.74, 6) is -1.33. The van der Waals surface area contributed by atoms with Crippen LogP contribution in [-0.4, -0.2) is 90.4 Å². The molecule has 0 aliphatic heterocycles. The number of carboxylic acids is 2. The lowest BCUT2D eigenvalue weighted by atomic mass is 10.0. The molecule has 310 valence electrons. The predicted octanol–water partition coefficient (Wildman–Crippen LogP) is 8.63. The van der Waals surface area contributed by atoms with E-state index in [9.17, 15) is 9.59 Å². The molecule has 0 radical (unpaired) electrons. The third-order valence-electron chi connectivity index (χ3n) is 8.82. The zero-order valence-electron chi connectivity index (χ0n) is 33.2. The van der Waals surface area contributed by atoms with Crippen LogP contribution >= 0.6 is 0 Å². The van der Waals surface area contributed by atoms with Gasteiger partial charge < -0.3 is 40.9 Å². The van der Waals surface area contributed by atoms with Crippen molar-refractivity contribution in [3.8, 4) is 0 Å². The van der Waals surface area contributed by atoms with Crippen LogP contribution in [0.25, 0.3) is 0 Å². The van der Waals surface area contributed by atoms with Gasteiger partial charge in [0.1, 0.15) is 24.4 Å². The van der Waals surface area contributed by atoms with Crippen LogP contribution in [0.5, 0.6) is 0 Å². The second kappa shape index (κ2) is 45.3. The fraction of sp³-hybridized carbons (Fsp3) is 0.857. The molecule has 0 saturated heterocycles. The highest BCUT2D eigenvalue weighted by atomic mass is 16.4. The standard InChI is InChI=1S/2C18H34O2.C6H14O6/c2*1-2-3-4-5-6-7-8-9-10-11-12-13-14-15-16-17-18(19)20;7-1-3(9)5(11)6(12)4(10)2-8/h2*9-10H,2-8,11-17H2,1H3,(H,19,20);3-12H,1-2H2/b2*10-9-;/t;;3-,4+,5-,6-/m..1/s1. The minimum absolute atomic E-state index is 0.332. The molecule has 0 aromatic carbocycles. The van der Waals surface area contributed by atoms with Crippen molar-refractivity contribution in [1.29, 1.82) is 0 Å². The van der Waals surface area contributed by atoms with E-state index in [1.54, 1.807) is 0 Å². The lowest BCUT2D eigenvalue weighted by Crippen LogP contribution is -2.46. The number of hydrogen-bond donors (Lipinski definition) is 8. The summed E-state index contributed by atoms with van der Waals surface area (Å²) in [7, 11) is 0. The molecule has 0 saturated carbocycles. The predicted molar refractivity (Wildman–Crippen MR) is 212 cm³/mol. The van der Waals surface area contributed by atoms with E-state index in [2.05, 4.69) is 38.2 Å². The van der Waals surface area contributed by atoms with Crippen molar-refractivity contribution in [3.05, 3.63) is 24.3 Å². The van der Waals surface area contributed by atoms with Crippen molar-refractivity contribution in [3.63, 3.8) is 0 Å². The quantitative estimate of drug-likeness (QED) is 0.0230. The van der Waals surface area contributed by atoms with Gasteiger partial charge >= 0.3 is 11.9 Å². The highest BCUT2D eigenvalue weighted by Gasteiger charge is 2.29. The van der Waals surface area contributed by atoms with Crippen LogP contribution in [0, 0.1) is 0 Å². The summed E-state index contributed by atoms with van der Waals surface area (Å²) in [6.45, 7) is 3.07. The fourth-order valence-corrected chi connectivity index (χ4v) is 5.37. The highest BCUT2D eigenvalue weighted by molar-refractivity contribution is 5.66. The molecule has 0 aliphatic rings. The summed E-state index contributed by atoms with van der Waals surface area (Å²) in [5, 5.41) is 69.2. The first kappa shape index (κ1) is 54.5. The van der Waals surface area contributed by atoms with Crippen LogP contribution < -0.4 is 0 Å². The molecular weight excluding hydrogens is 664 g/mol. The lowest BCUT2D eigenvalue weighted by molar-refractivity contribution is -0.138. The molecular formula is C42H82O10. The van der Waals surface area contributed by atoms with E-state index >= 15 is 0 Å². The SMILES string of the molecule is CCCCCCCC/C=C\CCCCCCCC(=O)O.CCCCCCCC/C=C\CCCCCCCC(=O)O.OC[C@@H](O)[C@@H](O)[C@H](O)[C@@H](O)CO. The Hall–Kier alpha value is -1.82. The number of aliphatic carboxylic acids is 2. The third kappa shape index (κ3) is 46.2. The maximum atomic E-state index is 10.3. The van der Waals surface area contributed by atoms with E-state index in [-0.39, 0.29) is 0 Å². The molecule has 10 nitrogen and oxygen atoms in total. The second-order valence-electron chi connectivity index (χ2n) is 13.9. The van der Waals surface area contributed by atoms with Gasteiger partial charge in [0.2, 0.25) is 0 Å². The van der Waals surface area contributed by atoms with Gasteiger partial charge in [0, 0.05) is 12.8 Å². The number of unbranched alkanes of at least 4 members (excludes halogenated alkanes) is 22. The van der Waals surface area contributed by atoms with E-state index < -0.39 is 49.6 Å². The van der Waals surface area contributed by atoms with Crippen LogP contribution in [0.15, 0.2) is 24.3 Å². The van der Waals surface area contributed by atoms with Crippen LogP contribution in [0.4, 0.5) is 0 Å². The normalized spacial score (nSPS) is 13.6. The topological polar surface area (TPSA) is 196 Å². The molecule has 0 aromatic rings. The van der Waals surface area contributed by atoms with E-state index in [1.165, 1.54) is 141 Å². The van der Waals surface area contributed by atoms with Crippen molar-refractivity contribution >= 4 is 11.9 Å². The monoisotopic (exact) mass is 747 g/mol. The Morgan fingerprint density at radius 2 is 0.635 bits per heavy atom. The maximum Gasteiger partial charge on any atom is 0.303 e. The first-order valence-corrected chi connectivity index (χ1v) is 20.8. The number of carboxylic acid groups (broad SMARTS) is 2. The number of aliphatic hydroxyl groups is 6. The molecule has 0 amide bonds. The summed E-state index contributed by atoms with van der Waals surface area (Å²) in [6.07, 6.45) is 36.1. The number of carbonyl (C=O) groups is 2. The van der Waals surface area contributed by atoms with Gasteiger partial charge in [0.25, 0.3) is 0 Å². The van der Waals surface area contributed by atoms with E-state index in [0.717, 1.165) is 25.7 Å². The number of rotatable bonds is 35. The molecule has 4 atom stereocenters. The lowest BCUT2D eigenvalue weighted by Gasteiger charge is -2.24. The van der Waals surface area contributed by atoms with Gasteiger partial charge in [0.05, 0.1) is 13.2 Å². The summed E-state index contributed by atoms with van der Waals surface area (Å²) >= 11 is 0. The molecule has 0 spiro atoms. The molecule has 52 heavy (non-hydrogen) atoms. The second-order valence-corrected chi connectivity index (χ2v) is 13.9. The van der Waals surface area contributed by atoms with Crippen molar-refractivity contribution in [1.82, 2.24) is 0 Å². The average molecular weight is 747 g/mol. The minimum atomic E-state index is -1.67. The zero-order chi connectivity index (χ0) is 39.5. The van der Waals surface area contributed by atoms with Gasteiger partial charge in [-0.2, -0.15) is 0 Å². The van der Waals surface area contributed by atoms with Crippen LogP contribution in [-0.2, 0) is 9.59 Å². The summed E-state index contributed by atoms with van der Waals surface area (Å²) in [4.78, 5) is 20.6. The molecule has 0 bridgehead atoms. The van der Waals surface area contributed by atoms with Crippen molar-refractivity contribution in [2.24, 2.45) is 0 Å². The Morgan fingerprint density at radius 1 is 0.404 bits per heavy atom. The van der Waals surface area contributed by atoms with Crippen LogP contribution in [0.2, 0.25) is 0 Å². The van der Waals surface area contributed by atoms with Gasteiger partial charge in [-0.3, -0.25) is 9.59 Å². The summed E-state index contributed by atoms with van der Waals surface area (Å²) in [5.41, 5.74) is 0. The molecule has 0 aliphatic carbocycles. The van der Waals surface area contributed by atoms with Crippen LogP contribution in [0.1, 0.15) is 194 Å². The Bertz CT molecular complexity index is 725. The first-order chi connectivity index (χ1) is 25.1. The van der Waals surface area contributed by atoms with E-state index in [4.69, 9.17) is 40.9 Å². The number of aliphatic hydroxyl groups excluding tert-OH is 6. The Morgan fingerprint density at radius 3 is 0.865 bits per heavy atom. The van der Waals surface area contributed by atoms with Gasteiger partial charge in [-0.1, -0.05) is 141 Å². The van der Waals surface area contributed by atoms with Crippen molar-refractivity contribution in [2.75, 3.05) is 13.2 Å². The third-order valence-corrected chi connectivity index (χ3v) is 8.82. The Balaban J connectivity index is -0.000000717. The average Bonchev–Trinajstić information content (AvgIpc) is 3.13. The molecule has 0 rings (SSSR count). The molecule has 10 heteroatoms. The molecule has 0 aromatic heterocycles. The molecule has 0 fully saturated rings. The molecule has 0 unspecified atom stereocenters. The van der Waals surface area contributed by atoms with Crippen molar-refractivity contribution < 1.29 is 50.4 Å². The van der Waals surface area contributed by atoms with Crippen LogP contribution in [0.3, 0.4) is 0 Å². The Labute approximate surface area is 317 Å². The largest absolute Gasteiger partial charge is 0.481 e. The maximum absolute atomic E-state index is 10.3. The smallest absolute Gasteiger partial charge is 0.303 e. The number of hydrogen-bond acceptors (Lipinski definition) is 8. The summed E-state index contributed by atoms with van der Waals surface area (Å²) < 4.78 is 0. The fourth-order valence-electron chi connectivity index (χ4n) is 5.37. The first-order valence-electron chi connectivity index (χ1n) is 20.8. The van der Waals surface area contributed by atoms with Gasteiger partial charge in [-0.05, 0) is 64.2 Å². The van der Waals surface area contributed by atoms with Gasteiger partial charge in [-0.15, -0.1) is 0 Å². The van der Waals surface area contributed by atoms with Gasteiger partial charge in [0.15, 0.2) is 0 Å². The molecule has 0 heterocycles. The minimum Gasteiger partial charge on any atom is -0.481 e.